The average molecular weight is 313 g/mol. The highest BCUT2D eigenvalue weighted by atomic mass is 19.4. The van der Waals surface area contributed by atoms with E-state index in [9.17, 15) is 18.0 Å². The lowest BCUT2D eigenvalue weighted by atomic mass is 10.2. The van der Waals surface area contributed by atoms with Crippen molar-refractivity contribution in [2.75, 3.05) is 0 Å². The van der Waals surface area contributed by atoms with Gasteiger partial charge in [-0.05, 0) is 24.6 Å². The molecule has 8 heteroatoms. The average Bonchev–Trinajstić information content (AvgIpc) is 2.75. The Morgan fingerprint density at radius 2 is 1.95 bits per heavy atom. The predicted octanol–water partition coefficient (Wildman–Crippen LogP) is 2.56. The number of aromatic nitrogens is 2. The van der Waals surface area contributed by atoms with Crippen molar-refractivity contribution in [3.05, 3.63) is 47.3 Å². The Balaban J connectivity index is 1.94. The molecule has 0 atom stereocenters. The summed E-state index contributed by atoms with van der Waals surface area (Å²) in [5, 5.41) is 6.70. The second kappa shape index (κ2) is 6.08. The van der Waals surface area contributed by atoms with Crippen LogP contribution in [0.25, 0.3) is 0 Å². The summed E-state index contributed by atoms with van der Waals surface area (Å²) in [5.74, 6) is -0.642. The molecule has 1 aromatic carbocycles. The first-order valence-corrected chi connectivity index (χ1v) is 6.38. The molecule has 0 aliphatic heterocycles. The number of ether oxygens (including phenoxy) is 1. The minimum atomic E-state index is -4.72. The highest BCUT2D eigenvalue weighted by molar-refractivity contribution is 5.93. The molecule has 0 aliphatic carbocycles. The van der Waals surface area contributed by atoms with Crippen LogP contribution in [0.15, 0.2) is 30.5 Å². The lowest BCUT2D eigenvalue weighted by Gasteiger charge is -2.09. The molecule has 0 spiro atoms. The first-order chi connectivity index (χ1) is 10.2. The summed E-state index contributed by atoms with van der Waals surface area (Å²) in [6.45, 7) is 1.95. The van der Waals surface area contributed by atoms with Crippen molar-refractivity contribution in [1.29, 1.82) is 0 Å². The van der Waals surface area contributed by atoms with Gasteiger partial charge in [-0.15, -0.1) is 13.2 Å². The molecule has 0 radical (unpaired) electrons. The highest BCUT2D eigenvalue weighted by Gasteiger charge is 2.30. The zero-order chi connectivity index (χ0) is 16.3. The second-order valence-electron chi connectivity index (χ2n) is 4.71. The number of rotatable bonds is 4. The maximum absolute atomic E-state index is 12.0. The van der Waals surface area contributed by atoms with Gasteiger partial charge in [-0.2, -0.15) is 5.10 Å². The number of hydrogen-bond donors (Lipinski definition) is 1. The summed E-state index contributed by atoms with van der Waals surface area (Å²) >= 11 is 0. The largest absolute Gasteiger partial charge is 0.573 e. The molecular weight excluding hydrogens is 299 g/mol. The molecule has 2 rings (SSSR count). The molecule has 2 aromatic rings. The van der Waals surface area contributed by atoms with Crippen molar-refractivity contribution in [3.8, 4) is 5.75 Å². The number of benzene rings is 1. The van der Waals surface area contributed by atoms with Gasteiger partial charge in [-0.25, -0.2) is 0 Å². The van der Waals surface area contributed by atoms with Crippen LogP contribution in [0.4, 0.5) is 13.2 Å². The summed E-state index contributed by atoms with van der Waals surface area (Å²) in [7, 11) is 1.71. The maximum Gasteiger partial charge on any atom is 0.573 e. The minimum absolute atomic E-state index is 0.182. The molecular formula is C14H14F3N3O2. The maximum atomic E-state index is 12.0. The van der Waals surface area contributed by atoms with Gasteiger partial charge in [0.25, 0.3) is 5.91 Å². The molecule has 118 valence electrons. The molecule has 1 N–H and O–H groups in total. The van der Waals surface area contributed by atoms with Crippen molar-refractivity contribution in [1.82, 2.24) is 15.1 Å². The van der Waals surface area contributed by atoms with E-state index in [1.165, 1.54) is 28.9 Å². The quantitative estimate of drug-likeness (QED) is 0.944. The van der Waals surface area contributed by atoms with E-state index in [-0.39, 0.29) is 18.2 Å². The van der Waals surface area contributed by atoms with Gasteiger partial charge in [0.15, 0.2) is 5.69 Å². The first kappa shape index (κ1) is 15.9. The van der Waals surface area contributed by atoms with E-state index in [2.05, 4.69) is 15.2 Å². The zero-order valence-electron chi connectivity index (χ0n) is 11.9. The SMILES string of the molecule is Cc1cn(C)nc1C(=O)NCc1ccc(OC(F)(F)F)cc1. The van der Waals surface area contributed by atoms with Crippen LogP contribution < -0.4 is 10.1 Å². The number of nitrogens with zero attached hydrogens (tertiary/aromatic N) is 2. The summed E-state index contributed by atoms with van der Waals surface area (Å²) in [5.41, 5.74) is 1.71. The monoisotopic (exact) mass is 313 g/mol. The van der Waals surface area contributed by atoms with Gasteiger partial charge in [0.05, 0.1) is 0 Å². The van der Waals surface area contributed by atoms with E-state index in [1.54, 1.807) is 20.2 Å². The van der Waals surface area contributed by atoms with Crippen LogP contribution in [0.5, 0.6) is 5.75 Å². The number of aryl methyl sites for hydroxylation is 2. The van der Waals surface area contributed by atoms with Gasteiger partial charge in [0.2, 0.25) is 0 Å². The van der Waals surface area contributed by atoms with E-state index in [1.807, 2.05) is 0 Å². The van der Waals surface area contributed by atoms with Gasteiger partial charge in [0, 0.05) is 25.4 Å². The Labute approximate surface area is 124 Å². The van der Waals surface area contributed by atoms with Crippen LogP contribution in [0.2, 0.25) is 0 Å². The number of halogens is 3. The second-order valence-corrected chi connectivity index (χ2v) is 4.71. The summed E-state index contributed by atoms with van der Waals surface area (Å²) in [6.07, 6.45) is -3.00. The molecule has 0 saturated heterocycles. The summed E-state index contributed by atoms with van der Waals surface area (Å²) in [4.78, 5) is 11.9. The van der Waals surface area contributed by atoms with Gasteiger partial charge >= 0.3 is 6.36 Å². The van der Waals surface area contributed by atoms with Crippen LogP contribution >= 0.6 is 0 Å². The van der Waals surface area contributed by atoms with Crippen LogP contribution in [0, 0.1) is 6.92 Å². The number of carbonyl (C=O) groups is 1. The van der Waals surface area contributed by atoms with E-state index in [0.717, 1.165) is 5.56 Å². The van der Waals surface area contributed by atoms with Gasteiger partial charge in [0.1, 0.15) is 5.75 Å². The van der Waals surface area contributed by atoms with Crippen LogP contribution in [-0.2, 0) is 13.6 Å². The molecule has 1 aromatic heterocycles. The number of alkyl halides is 3. The molecule has 0 fully saturated rings. The normalized spacial score (nSPS) is 11.3. The van der Waals surface area contributed by atoms with Crippen molar-refractivity contribution in [2.45, 2.75) is 19.8 Å². The Bertz CT molecular complexity index is 663. The van der Waals surface area contributed by atoms with Crippen molar-refractivity contribution >= 4 is 5.91 Å². The number of amides is 1. The van der Waals surface area contributed by atoms with Crippen LogP contribution in [0.1, 0.15) is 21.6 Å². The Hall–Kier alpha value is -2.51. The summed E-state index contributed by atoms with van der Waals surface area (Å²) in [6, 6.07) is 5.29. The molecule has 22 heavy (non-hydrogen) atoms. The smallest absolute Gasteiger partial charge is 0.406 e. The van der Waals surface area contributed by atoms with Crippen molar-refractivity contribution in [3.63, 3.8) is 0 Å². The van der Waals surface area contributed by atoms with Crippen LogP contribution in [-0.4, -0.2) is 22.1 Å². The fourth-order valence-electron chi connectivity index (χ4n) is 1.91. The third kappa shape index (κ3) is 4.24. The number of carbonyl (C=O) groups excluding carboxylic acids is 1. The van der Waals surface area contributed by atoms with E-state index in [0.29, 0.717) is 11.3 Å². The highest BCUT2D eigenvalue weighted by Crippen LogP contribution is 2.22. The molecule has 5 nitrogen and oxygen atoms in total. The third-order valence-corrected chi connectivity index (χ3v) is 2.84. The van der Waals surface area contributed by atoms with Gasteiger partial charge in [-0.3, -0.25) is 9.48 Å². The lowest BCUT2D eigenvalue weighted by molar-refractivity contribution is -0.274. The Morgan fingerprint density at radius 1 is 1.32 bits per heavy atom. The molecule has 1 heterocycles. The lowest BCUT2D eigenvalue weighted by Crippen LogP contribution is -2.24. The van der Waals surface area contributed by atoms with E-state index >= 15 is 0 Å². The Morgan fingerprint density at radius 3 is 2.45 bits per heavy atom. The van der Waals surface area contributed by atoms with E-state index in [4.69, 9.17) is 0 Å². The number of nitrogens with one attached hydrogen (secondary N) is 1. The topological polar surface area (TPSA) is 56.2 Å². The fraction of sp³-hybridized carbons (Fsp3) is 0.286. The Kier molecular flexibility index (Phi) is 4.39. The molecule has 0 bridgehead atoms. The van der Waals surface area contributed by atoms with Crippen LogP contribution in [0.3, 0.4) is 0 Å². The standard InChI is InChI=1S/C14H14F3N3O2/c1-9-8-20(2)19-12(9)13(21)18-7-10-3-5-11(6-4-10)22-14(15,16)17/h3-6,8H,7H2,1-2H3,(H,18,21). The molecule has 0 aliphatic rings. The van der Waals surface area contributed by atoms with E-state index < -0.39 is 6.36 Å². The van der Waals surface area contributed by atoms with Gasteiger partial charge < -0.3 is 10.1 Å². The summed E-state index contributed by atoms with van der Waals surface area (Å²) < 4.78 is 41.4. The molecule has 0 saturated carbocycles. The minimum Gasteiger partial charge on any atom is -0.406 e. The van der Waals surface area contributed by atoms with Crippen molar-refractivity contribution < 1.29 is 22.7 Å². The molecule has 1 amide bonds. The first-order valence-electron chi connectivity index (χ1n) is 6.38. The number of hydrogen-bond acceptors (Lipinski definition) is 3. The van der Waals surface area contributed by atoms with Crippen molar-refractivity contribution in [2.24, 2.45) is 7.05 Å². The fourth-order valence-corrected chi connectivity index (χ4v) is 1.91. The molecule has 0 unspecified atom stereocenters. The van der Waals surface area contributed by atoms with Gasteiger partial charge in [-0.1, -0.05) is 12.1 Å². The predicted molar refractivity (Wildman–Crippen MR) is 72.2 cm³/mol. The third-order valence-electron chi connectivity index (χ3n) is 2.84. The zero-order valence-corrected chi connectivity index (χ0v) is 11.9.